The second-order valence-electron chi connectivity index (χ2n) is 5.35. The van der Waals surface area contributed by atoms with Gasteiger partial charge in [0, 0.05) is 0 Å². The van der Waals surface area contributed by atoms with Crippen LogP contribution < -0.4 is 5.32 Å². The molecular weight excluding hydrogens is 229 g/mol. The molecular formula is C16H36NNa. The number of hydrogen-bond donors (Lipinski definition) is 1. The summed E-state index contributed by atoms with van der Waals surface area (Å²) < 4.78 is 0. The Bertz CT molecular complexity index is 114. The first-order valence-corrected chi connectivity index (χ1v) is 8.06. The van der Waals surface area contributed by atoms with Crippen molar-refractivity contribution in [1.29, 1.82) is 0 Å². The Kier molecular flexibility index (Phi) is 24.0. The Morgan fingerprint density at radius 1 is 0.556 bits per heavy atom. The van der Waals surface area contributed by atoms with Crippen LogP contribution in [-0.2, 0) is 0 Å². The maximum atomic E-state index is 3.21. The van der Waals surface area contributed by atoms with E-state index in [-0.39, 0.29) is 29.6 Å². The minimum atomic E-state index is 0. The van der Waals surface area contributed by atoms with Gasteiger partial charge in [-0.25, -0.2) is 0 Å². The predicted molar refractivity (Wildman–Crippen MR) is 86.8 cm³/mol. The quantitative estimate of drug-likeness (QED) is 0.356. The molecule has 18 heavy (non-hydrogen) atoms. The molecule has 2 heteroatoms. The van der Waals surface area contributed by atoms with Crippen LogP contribution in [0.3, 0.4) is 0 Å². The first-order valence-electron chi connectivity index (χ1n) is 8.06. The molecule has 1 nitrogen and oxygen atoms in total. The van der Waals surface area contributed by atoms with E-state index in [1.807, 2.05) is 7.05 Å². The third-order valence-electron chi connectivity index (χ3n) is 3.53. The van der Waals surface area contributed by atoms with Crippen molar-refractivity contribution in [1.82, 2.24) is 5.32 Å². The second kappa shape index (κ2) is 20.3. The van der Waals surface area contributed by atoms with Gasteiger partial charge < -0.3 is 5.32 Å². The summed E-state index contributed by atoms with van der Waals surface area (Å²) in [4.78, 5) is 0. The zero-order valence-corrected chi connectivity index (χ0v) is 12.4. The van der Waals surface area contributed by atoms with Crippen LogP contribution >= 0.6 is 0 Å². The van der Waals surface area contributed by atoms with Gasteiger partial charge in [-0.05, 0) is 20.0 Å². The molecule has 0 amide bonds. The number of unbranched alkanes of at least 4 members (excludes halogenated alkanes) is 12. The maximum absolute atomic E-state index is 3.21. The van der Waals surface area contributed by atoms with E-state index < -0.39 is 0 Å². The van der Waals surface area contributed by atoms with Crippen LogP contribution in [0.2, 0.25) is 0 Å². The molecule has 0 aromatic rings. The predicted octanol–water partition coefficient (Wildman–Crippen LogP) is 4.65. The topological polar surface area (TPSA) is 12.0 Å². The van der Waals surface area contributed by atoms with E-state index in [1.54, 1.807) is 0 Å². The summed E-state index contributed by atoms with van der Waals surface area (Å²) in [6, 6.07) is 0. The fourth-order valence-electron chi connectivity index (χ4n) is 2.32. The summed E-state index contributed by atoms with van der Waals surface area (Å²) in [7, 11) is 2.04. The SMILES string of the molecule is CCCCCCCCCCCCCCCNC.[NaH]. The number of nitrogens with one attached hydrogen (secondary N) is 1. The Balaban J connectivity index is 0. The van der Waals surface area contributed by atoms with Gasteiger partial charge in [0.05, 0.1) is 0 Å². The Morgan fingerprint density at radius 2 is 0.889 bits per heavy atom. The molecule has 0 aliphatic heterocycles. The molecule has 0 unspecified atom stereocenters. The Morgan fingerprint density at radius 3 is 1.22 bits per heavy atom. The van der Waals surface area contributed by atoms with Crippen LogP contribution in [0.25, 0.3) is 0 Å². The third-order valence-corrected chi connectivity index (χ3v) is 3.53. The average molecular weight is 265 g/mol. The summed E-state index contributed by atoms with van der Waals surface area (Å²) in [5.74, 6) is 0. The number of rotatable bonds is 14. The van der Waals surface area contributed by atoms with E-state index in [0.717, 1.165) is 0 Å². The van der Waals surface area contributed by atoms with Gasteiger partial charge in [-0.3, -0.25) is 0 Å². The van der Waals surface area contributed by atoms with Gasteiger partial charge in [0.15, 0.2) is 0 Å². The fraction of sp³-hybridized carbons (Fsp3) is 1.00. The zero-order chi connectivity index (χ0) is 12.6. The monoisotopic (exact) mass is 265 g/mol. The molecule has 0 aliphatic rings. The van der Waals surface area contributed by atoms with E-state index in [9.17, 15) is 0 Å². The summed E-state index contributed by atoms with van der Waals surface area (Å²) in [6.45, 7) is 3.48. The molecule has 1 N–H and O–H groups in total. The molecule has 0 atom stereocenters. The van der Waals surface area contributed by atoms with Crippen molar-refractivity contribution in [3.8, 4) is 0 Å². The normalized spacial score (nSPS) is 10.3. The van der Waals surface area contributed by atoms with Crippen LogP contribution in [-0.4, -0.2) is 43.1 Å². The fourth-order valence-corrected chi connectivity index (χ4v) is 2.32. The first kappa shape index (κ1) is 21.3. The Hall–Kier alpha value is 0.960. The molecule has 0 fully saturated rings. The molecule has 0 aromatic heterocycles. The van der Waals surface area contributed by atoms with E-state index in [0.29, 0.717) is 0 Å². The molecule has 0 aliphatic carbocycles. The standard InChI is InChI=1S/C16H35N.Na.H/c1-3-4-5-6-7-8-9-10-11-12-13-14-15-16-17-2;;/h17H,3-16H2,1-2H3;;. The summed E-state index contributed by atoms with van der Waals surface area (Å²) >= 11 is 0. The van der Waals surface area contributed by atoms with Gasteiger partial charge in [0.1, 0.15) is 0 Å². The molecule has 0 saturated heterocycles. The molecule has 0 spiro atoms. The summed E-state index contributed by atoms with van der Waals surface area (Å²) in [5.41, 5.74) is 0. The van der Waals surface area contributed by atoms with Crippen molar-refractivity contribution >= 4 is 29.6 Å². The zero-order valence-electron chi connectivity index (χ0n) is 12.4. The summed E-state index contributed by atoms with van der Waals surface area (Å²) in [6.07, 6.45) is 18.8. The molecule has 106 valence electrons. The van der Waals surface area contributed by atoms with Crippen LogP contribution in [0.4, 0.5) is 0 Å². The van der Waals surface area contributed by atoms with E-state index >= 15 is 0 Å². The number of hydrogen-bond acceptors (Lipinski definition) is 1. The van der Waals surface area contributed by atoms with Crippen LogP contribution in [0.1, 0.15) is 90.4 Å². The molecule has 0 heterocycles. The van der Waals surface area contributed by atoms with Crippen LogP contribution in [0.5, 0.6) is 0 Å². The third kappa shape index (κ3) is 19.3. The summed E-state index contributed by atoms with van der Waals surface area (Å²) in [5, 5.41) is 3.21. The molecule has 0 bridgehead atoms. The van der Waals surface area contributed by atoms with E-state index in [2.05, 4.69) is 12.2 Å². The van der Waals surface area contributed by atoms with Crippen LogP contribution in [0.15, 0.2) is 0 Å². The molecule has 0 radical (unpaired) electrons. The van der Waals surface area contributed by atoms with Crippen molar-refractivity contribution in [2.45, 2.75) is 90.4 Å². The Labute approximate surface area is 138 Å². The van der Waals surface area contributed by atoms with Crippen LogP contribution in [0, 0.1) is 0 Å². The van der Waals surface area contributed by atoms with Crippen molar-refractivity contribution in [3.05, 3.63) is 0 Å². The van der Waals surface area contributed by atoms with Gasteiger partial charge >= 0.3 is 29.6 Å². The molecule has 0 aromatic carbocycles. The van der Waals surface area contributed by atoms with Gasteiger partial charge in [-0.1, -0.05) is 84.0 Å². The van der Waals surface area contributed by atoms with Gasteiger partial charge in [0.2, 0.25) is 0 Å². The van der Waals surface area contributed by atoms with Crippen molar-refractivity contribution in [2.24, 2.45) is 0 Å². The van der Waals surface area contributed by atoms with Crippen molar-refractivity contribution in [2.75, 3.05) is 13.6 Å². The first-order chi connectivity index (χ1) is 8.41. The van der Waals surface area contributed by atoms with E-state index in [4.69, 9.17) is 0 Å². The minimum absolute atomic E-state index is 0. The second-order valence-corrected chi connectivity index (χ2v) is 5.35. The molecule has 0 rings (SSSR count). The van der Waals surface area contributed by atoms with Crippen molar-refractivity contribution in [3.63, 3.8) is 0 Å². The molecule has 0 saturated carbocycles. The van der Waals surface area contributed by atoms with Gasteiger partial charge in [0.25, 0.3) is 0 Å². The van der Waals surface area contributed by atoms with Crippen molar-refractivity contribution < 1.29 is 0 Å². The van der Waals surface area contributed by atoms with E-state index in [1.165, 1.54) is 90.0 Å². The van der Waals surface area contributed by atoms with Gasteiger partial charge in [-0.2, -0.15) is 0 Å². The average Bonchev–Trinajstić information content (AvgIpc) is 2.35. The van der Waals surface area contributed by atoms with Gasteiger partial charge in [-0.15, -0.1) is 0 Å².